The Morgan fingerprint density at radius 1 is 1.00 bits per heavy atom. The minimum Gasteiger partial charge on any atom is -0.496 e. The Kier molecular flexibility index (Phi) is 5.00. The maximum atomic E-state index is 6.62. The van der Waals surface area contributed by atoms with Crippen LogP contribution >= 0.6 is 23.4 Å². The molecule has 0 spiro atoms. The van der Waals surface area contributed by atoms with Gasteiger partial charge in [-0.15, -0.1) is 23.4 Å². The smallest absolute Gasteiger partial charge is 0.124 e. The fraction of sp³-hybridized carbons (Fsp3) is 0.294. The fourth-order valence-corrected chi connectivity index (χ4v) is 3.10. The van der Waals surface area contributed by atoms with Gasteiger partial charge in [-0.1, -0.05) is 24.3 Å². The largest absolute Gasteiger partial charge is 0.496 e. The number of benzene rings is 2. The summed E-state index contributed by atoms with van der Waals surface area (Å²) in [6.07, 6.45) is 2.07. The van der Waals surface area contributed by atoms with E-state index >= 15 is 0 Å². The molecule has 0 bridgehead atoms. The lowest BCUT2D eigenvalue weighted by atomic mass is 9.99. The summed E-state index contributed by atoms with van der Waals surface area (Å²) in [6.45, 7) is 4.10. The molecule has 2 aromatic carbocycles. The van der Waals surface area contributed by atoms with Crippen LogP contribution in [0.4, 0.5) is 0 Å². The molecule has 0 saturated heterocycles. The second-order valence-electron chi connectivity index (χ2n) is 4.82. The van der Waals surface area contributed by atoms with Crippen LogP contribution in [-0.4, -0.2) is 13.4 Å². The second kappa shape index (κ2) is 6.55. The van der Waals surface area contributed by atoms with Gasteiger partial charge in [0, 0.05) is 4.90 Å². The van der Waals surface area contributed by atoms with Gasteiger partial charge in [-0.2, -0.15) is 0 Å². The molecule has 3 heteroatoms. The van der Waals surface area contributed by atoms with Gasteiger partial charge in [0.1, 0.15) is 5.75 Å². The molecule has 0 aliphatic carbocycles. The van der Waals surface area contributed by atoms with Crippen molar-refractivity contribution in [3.05, 3.63) is 58.7 Å². The molecular formula is C17H19ClOS. The molecule has 1 atom stereocenters. The van der Waals surface area contributed by atoms with Crippen molar-refractivity contribution in [1.29, 1.82) is 0 Å². The predicted molar refractivity (Wildman–Crippen MR) is 88.4 cm³/mol. The third-order valence-electron chi connectivity index (χ3n) is 3.39. The summed E-state index contributed by atoms with van der Waals surface area (Å²) in [5.41, 5.74) is 4.47. The van der Waals surface area contributed by atoms with E-state index in [2.05, 4.69) is 56.5 Å². The van der Waals surface area contributed by atoms with Crippen molar-refractivity contribution in [3.63, 3.8) is 0 Å². The highest BCUT2D eigenvalue weighted by atomic mass is 35.5. The third kappa shape index (κ3) is 3.13. The summed E-state index contributed by atoms with van der Waals surface area (Å²) in [5.74, 6) is 0.940. The van der Waals surface area contributed by atoms with Crippen LogP contribution in [0, 0.1) is 13.8 Å². The monoisotopic (exact) mass is 306 g/mol. The van der Waals surface area contributed by atoms with Crippen molar-refractivity contribution >= 4 is 23.4 Å². The summed E-state index contributed by atoms with van der Waals surface area (Å²) >= 11 is 8.35. The first-order chi connectivity index (χ1) is 9.56. The van der Waals surface area contributed by atoms with Crippen LogP contribution in [-0.2, 0) is 0 Å². The lowest BCUT2D eigenvalue weighted by molar-refractivity contribution is 0.408. The van der Waals surface area contributed by atoms with Gasteiger partial charge in [0.05, 0.1) is 12.5 Å². The maximum Gasteiger partial charge on any atom is 0.124 e. The normalized spacial score (nSPS) is 12.2. The molecule has 0 heterocycles. The number of alkyl halides is 1. The molecule has 0 N–H and O–H groups in total. The molecule has 2 aromatic rings. The van der Waals surface area contributed by atoms with Crippen LogP contribution in [0.1, 0.15) is 27.6 Å². The number of thioether (sulfide) groups is 1. The summed E-state index contributed by atoms with van der Waals surface area (Å²) in [7, 11) is 1.70. The third-order valence-corrected chi connectivity index (χ3v) is 4.64. The van der Waals surface area contributed by atoms with Gasteiger partial charge in [0.15, 0.2) is 0 Å². The molecule has 0 saturated carbocycles. The van der Waals surface area contributed by atoms with Crippen LogP contribution < -0.4 is 4.74 Å². The molecule has 1 nitrogen and oxygen atoms in total. The summed E-state index contributed by atoms with van der Waals surface area (Å²) in [4.78, 5) is 1.25. The molecule has 0 aromatic heterocycles. The lowest BCUT2D eigenvalue weighted by Gasteiger charge is -2.15. The number of methoxy groups -OCH3 is 1. The second-order valence-corrected chi connectivity index (χ2v) is 6.14. The van der Waals surface area contributed by atoms with E-state index in [0.717, 1.165) is 28.0 Å². The number of hydrogen-bond donors (Lipinski definition) is 0. The van der Waals surface area contributed by atoms with Gasteiger partial charge < -0.3 is 4.74 Å². The van der Waals surface area contributed by atoms with E-state index in [9.17, 15) is 0 Å². The van der Waals surface area contributed by atoms with Crippen LogP contribution in [0.5, 0.6) is 5.75 Å². The summed E-state index contributed by atoms with van der Waals surface area (Å²) in [5, 5.41) is -0.130. The van der Waals surface area contributed by atoms with Gasteiger partial charge in [-0.25, -0.2) is 0 Å². The highest BCUT2D eigenvalue weighted by molar-refractivity contribution is 7.98. The molecule has 2 rings (SSSR count). The van der Waals surface area contributed by atoms with Gasteiger partial charge in [0.25, 0.3) is 0 Å². The van der Waals surface area contributed by atoms with Crippen LogP contribution in [0.3, 0.4) is 0 Å². The molecule has 0 amide bonds. The first-order valence-electron chi connectivity index (χ1n) is 6.50. The van der Waals surface area contributed by atoms with E-state index in [1.54, 1.807) is 18.9 Å². The molecule has 106 valence electrons. The van der Waals surface area contributed by atoms with E-state index in [0.29, 0.717) is 0 Å². The van der Waals surface area contributed by atoms with E-state index in [4.69, 9.17) is 16.3 Å². The Balaban J connectivity index is 2.34. The zero-order valence-electron chi connectivity index (χ0n) is 12.2. The van der Waals surface area contributed by atoms with Gasteiger partial charge in [-0.05, 0) is 54.5 Å². The van der Waals surface area contributed by atoms with E-state index < -0.39 is 0 Å². The van der Waals surface area contributed by atoms with Crippen molar-refractivity contribution in [1.82, 2.24) is 0 Å². The lowest BCUT2D eigenvalue weighted by Crippen LogP contribution is -1.98. The number of halogens is 1. The zero-order valence-corrected chi connectivity index (χ0v) is 13.8. The van der Waals surface area contributed by atoms with E-state index in [1.807, 2.05) is 0 Å². The minimum atomic E-state index is -0.130. The highest BCUT2D eigenvalue weighted by Gasteiger charge is 2.14. The Bertz CT molecular complexity index is 569. The van der Waals surface area contributed by atoms with Gasteiger partial charge >= 0.3 is 0 Å². The number of rotatable bonds is 4. The standard InChI is InChI=1S/C17H19ClOS/c1-11-9-14(10-12(2)17(11)19-3)16(18)13-5-7-15(20-4)8-6-13/h5-10,16H,1-4H3. The highest BCUT2D eigenvalue weighted by Crippen LogP contribution is 2.34. The Morgan fingerprint density at radius 2 is 1.55 bits per heavy atom. The van der Waals surface area contributed by atoms with Crippen LogP contribution in [0.15, 0.2) is 41.3 Å². The molecule has 0 aliphatic rings. The van der Waals surface area contributed by atoms with Crippen molar-refractivity contribution in [2.24, 2.45) is 0 Å². The van der Waals surface area contributed by atoms with Crippen LogP contribution in [0.25, 0.3) is 0 Å². The topological polar surface area (TPSA) is 9.23 Å². The maximum absolute atomic E-state index is 6.62. The molecule has 0 fully saturated rings. The van der Waals surface area contributed by atoms with Crippen molar-refractivity contribution in [2.45, 2.75) is 24.1 Å². The number of ether oxygens (including phenoxy) is 1. The Hall–Kier alpha value is -1.12. The van der Waals surface area contributed by atoms with Gasteiger partial charge in [-0.3, -0.25) is 0 Å². The van der Waals surface area contributed by atoms with Crippen LogP contribution in [0.2, 0.25) is 0 Å². The van der Waals surface area contributed by atoms with Crippen molar-refractivity contribution in [2.75, 3.05) is 13.4 Å². The van der Waals surface area contributed by atoms with Gasteiger partial charge in [0.2, 0.25) is 0 Å². The average Bonchev–Trinajstić information content (AvgIpc) is 2.46. The van der Waals surface area contributed by atoms with E-state index in [-0.39, 0.29) is 5.38 Å². The molecule has 0 radical (unpaired) electrons. The van der Waals surface area contributed by atoms with Crippen molar-refractivity contribution < 1.29 is 4.74 Å². The minimum absolute atomic E-state index is 0.130. The fourth-order valence-electron chi connectivity index (χ4n) is 2.42. The van der Waals surface area contributed by atoms with Crippen molar-refractivity contribution in [3.8, 4) is 5.75 Å². The Labute approximate surface area is 130 Å². The number of hydrogen-bond acceptors (Lipinski definition) is 2. The quantitative estimate of drug-likeness (QED) is 0.555. The number of aryl methyl sites for hydroxylation is 2. The average molecular weight is 307 g/mol. The summed E-state index contributed by atoms with van der Waals surface area (Å²) < 4.78 is 5.40. The Morgan fingerprint density at radius 3 is 2.00 bits per heavy atom. The molecular weight excluding hydrogens is 288 g/mol. The molecule has 20 heavy (non-hydrogen) atoms. The van der Waals surface area contributed by atoms with E-state index in [1.165, 1.54) is 4.90 Å². The first kappa shape index (κ1) is 15.3. The molecule has 1 unspecified atom stereocenters. The SMILES string of the molecule is COc1c(C)cc(C(Cl)c2ccc(SC)cc2)cc1C. The zero-order chi connectivity index (χ0) is 14.7. The first-order valence-corrected chi connectivity index (χ1v) is 8.16. The molecule has 0 aliphatic heterocycles. The summed E-state index contributed by atoms with van der Waals surface area (Å²) in [6, 6.07) is 12.6. The predicted octanol–water partition coefficient (Wildman–Crippen LogP) is 5.36.